The van der Waals surface area contributed by atoms with Gasteiger partial charge in [-0.3, -0.25) is 14.5 Å². The molecule has 0 aromatic carbocycles. The summed E-state index contributed by atoms with van der Waals surface area (Å²) in [7, 11) is 0. The van der Waals surface area contributed by atoms with Crippen LogP contribution in [-0.2, 0) is 4.79 Å². The van der Waals surface area contributed by atoms with E-state index in [1.54, 1.807) is 6.92 Å². The number of carboxylic acid groups (broad SMARTS) is 1. The van der Waals surface area contributed by atoms with Crippen molar-refractivity contribution in [2.24, 2.45) is 0 Å². The summed E-state index contributed by atoms with van der Waals surface area (Å²) in [6.07, 6.45) is 1.50. The monoisotopic (exact) mass is 374 g/mol. The number of aryl methyl sites for hydroxylation is 1. The van der Waals surface area contributed by atoms with Crippen molar-refractivity contribution in [2.45, 2.75) is 58.5 Å². The fourth-order valence-electron chi connectivity index (χ4n) is 3.53. The summed E-state index contributed by atoms with van der Waals surface area (Å²) in [6, 6.07) is 2.04. The van der Waals surface area contributed by atoms with Crippen LogP contribution in [0.4, 0.5) is 0 Å². The molecule has 1 fully saturated rings. The summed E-state index contributed by atoms with van der Waals surface area (Å²) < 4.78 is 5.27. The molecule has 27 heavy (non-hydrogen) atoms. The smallest absolute Gasteiger partial charge is 0.317 e. The molecular weight excluding hydrogens is 348 g/mol. The highest BCUT2D eigenvalue weighted by atomic mass is 16.5. The third-order valence-electron chi connectivity index (χ3n) is 5.18. The second kappa shape index (κ2) is 7.64. The Balaban J connectivity index is 1.72. The molecule has 3 rings (SSSR count). The number of fused-ring (bicyclic) bond motifs is 1. The van der Waals surface area contributed by atoms with Crippen molar-refractivity contribution in [3.63, 3.8) is 0 Å². The molecule has 0 saturated heterocycles. The first kappa shape index (κ1) is 19.3. The summed E-state index contributed by atoms with van der Waals surface area (Å²) in [4.78, 5) is 30.2. The van der Waals surface area contributed by atoms with Crippen LogP contribution in [0.15, 0.2) is 10.6 Å². The van der Waals surface area contributed by atoms with Gasteiger partial charge in [0.1, 0.15) is 0 Å². The molecule has 2 aromatic rings. The van der Waals surface area contributed by atoms with E-state index in [0.29, 0.717) is 28.9 Å². The Morgan fingerprint density at radius 2 is 2.11 bits per heavy atom. The molecule has 0 bridgehead atoms. The van der Waals surface area contributed by atoms with Crippen LogP contribution in [0.2, 0.25) is 0 Å². The number of carboxylic acids is 1. The fourth-order valence-corrected chi connectivity index (χ4v) is 3.53. The van der Waals surface area contributed by atoms with Gasteiger partial charge in [0.25, 0.3) is 11.6 Å². The van der Waals surface area contributed by atoms with E-state index in [1.807, 2.05) is 31.7 Å². The quantitative estimate of drug-likeness (QED) is 0.765. The van der Waals surface area contributed by atoms with E-state index in [-0.39, 0.29) is 30.5 Å². The van der Waals surface area contributed by atoms with Gasteiger partial charge in [0, 0.05) is 17.8 Å². The minimum Gasteiger partial charge on any atom is -0.480 e. The van der Waals surface area contributed by atoms with E-state index in [4.69, 9.17) is 9.63 Å². The fraction of sp³-hybridized carbons (Fsp3) is 0.579. The second-order valence-electron chi connectivity index (χ2n) is 7.45. The number of carbonyl (C=O) groups is 2. The molecule has 2 heterocycles. The molecule has 8 heteroatoms. The molecule has 146 valence electrons. The van der Waals surface area contributed by atoms with Crippen molar-refractivity contribution in [1.29, 1.82) is 0 Å². The average molecular weight is 374 g/mol. The zero-order valence-corrected chi connectivity index (χ0v) is 16.2. The summed E-state index contributed by atoms with van der Waals surface area (Å²) in [6.45, 7) is 8.48. The van der Waals surface area contributed by atoms with Gasteiger partial charge in [-0.25, -0.2) is 4.98 Å². The van der Waals surface area contributed by atoms with E-state index in [1.165, 1.54) is 0 Å². The lowest BCUT2D eigenvalue weighted by Gasteiger charge is -2.42. The lowest BCUT2D eigenvalue weighted by Crippen LogP contribution is -2.54. The van der Waals surface area contributed by atoms with E-state index in [9.17, 15) is 9.59 Å². The van der Waals surface area contributed by atoms with Gasteiger partial charge in [0.15, 0.2) is 0 Å². The Labute approximate surface area is 157 Å². The van der Waals surface area contributed by atoms with Crippen molar-refractivity contribution in [3.8, 4) is 0 Å². The van der Waals surface area contributed by atoms with Crippen LogP contribution in [0.25, 0.3) is 11.1 Å². The number of likely N-dealkylation sites (N-methyl/N-ethyl adjacent to an activating group) is 1. The largest absolute Gasteiger partial charge is 0.480 e. The summed E-state index contributed by atoms with van der Waals surface area (Å²) >= 11 is 0. The SMILES string of the molecule is CCN(CC(=O)O)C1CC(NC(=O)c2cc(C(C)C)nc3onc(C)c23)C1. The predicted molar refractivity (Wildman–Crippen MR) is 99.8 cm³/mol. The highest BCUT2D eigenvalue weighted by molar-refractivity contribution is 6.06. The van der Waals surface area contributed by atoms with Crippen molar-refractivity contribution < 1.29 is 19.2 Å². The van der Waals surface area contributed by atoms with Crippen LogP contribution >= 0.6 is 0 Å². The van der Waals surface area contributed by atoms with Crippen LogP contribution in [0.3, 0.4) is 0 Å². The third kappa shape index (κ3) is 3.95. The Morgan fingerprint density at radius 1 is 1.41 bits per heavy atom. The number of aliphatic carboxylic acids is 1. The number of nitrogens with one attached hydrogen (secondary N) is 1. The molecule has 0 radical (unpaired) electrons. The molecule has 0 atom stereocenters. The first-order valence-electron chi connectivity index (χ1n) is 9.33. The highest BCUT2D eigenvalue weighted by Gasteiger charge is 2.35. The van der Waals surface area contributed by atoms with Gasteiger partial charge in [0.2, 0.25) is 0 Å². The number of carbonyl (C=O) groups excluding carboxylic acids is 1. The highest BCUT2D eigenvalue weighted by Crippen LogP contribution is 2.28. The molecule has 1 saturated carbocycles. The number of hydrogen-bond acceptors (Lipinski definition) is 6. The van der Waals surface area contributed by atoms with Gasteiger partial charge in [-0.2, -0.15) is 0 Å². The van der Waals surface area contributed by atoms with Gasteiger partial charge < -0.3 is 14.9 Å². The molecular formula is C19H26N4O4. The molecule has 1 aliphatic carbocycles. The topological polar surface area (TPSA) is 109 Å². The number of hydrogen-bond donors (Lipinski definition) is 2. The van der Waals surface area contributed by atoms with Gasteiger partial charge in [-0.1, -0.05) is 25.9 Å². The first-order valence-corrected chi connectivity index (χ1v) is 9.33. The molecule has 1 aliphatic rings. The zero-order chi connectivity index (χ0) is 19.7. The average Bonchev–Trinajstić information content (AvgIpc) is 2.96. The number of amides is 1. The molecule has 0 spiro atoms. The standard InChI is InChI=1S/C19H26N4O4/c1-5-23(9-16(24)25)13-6-12(7-13)20-18(26)14-8-15(10(2)3)21-19-17(14)11(4)22-27-19/h8,10,12-13H,5-7,9H2,1-4H3,(H,20,26)(H,24,25). The Morgan fingerprint density at radius 3 is 2.70 bits per heavy atom. The van der Waals surface area contributed by atoms with E-state index in [0.717, 1.165) is 18.5 Å². The Hall–Kier alpha value is -2.48. The van der Waals surface area contributed by atoms with Gasteiger partial charge >= 0.3 is 5.97 Å². The van der Waals surface area contributed by atoms with Crippen molar-refractivity contribution in [2.75, 3.05) is 13.1 Å². The molecule has 2 aromatic heterocycles. The van der Waals surface area contributed by atoms with Crippen molar-refractivity contribution in [1.82, 2.24) is 20.4 Å². The molecule has 0 aliphatic heterocycles. The molecule has 2 N–H and O–H groups in total. The molecule has 8 nitrogen and oxygen atoms in total. The Bertz CT molecular complexity index is 855. The Kier molecular flexibility index (Phi) is 5.46. The van der Waals surface area contributed by atoms with Crippen molar-refractivity contribution in [3.05, 3.63) is 23.0 Å². The van der Waals surface area contributed by atoms with Gasteiger partial charge in [0.05, 0.1) is 23.2 Å². The lowest BCUT2D eigenvalue weighted by molar-refractivity contribution is -0.139. The van der Waals surface area contributed by atoms with Crippen LogP contribution in [-0.4, -0.2) is 57.2 Å². The van der Waals surface area contributed by atoms with Gasteiger partial charge in [-0.05, 0) is 38.3 Å². The van der Waals surface area contributed by atoms with Crippen molar-refractivity contribution >= 4 is 23.0 Å². The number of pyridine rings is 1. The minimum atomic E-state index is -0.826. The van der Waals surface area contributed by atoms with Crippen LogP contribution in [0, 0.1) is 6.92 Å². The maximum absolute atomic E-state index is 12.9. The number of rotatable bonds is 7. The zero-order valence-electron chi connectivity index (χ0n) is 16.2. The molecule has 1 amide bonds. The van der Waals surface area contributed by atoms with Gasteiger partial charge in [-0.15, -0.1) is 0 Å². The summed E-state index contributed by atoms with van der Waals surface area (Å²) in [5, 5.41) is 16.6. The van der Waals surface area contributed by atoms with E-state index < -0.39 is 5.97 Å². The van der Waals surface area contributed by atoms with E-state index >= 15 is 0 Å². The van der Waals surface area contributed by atoms with Crippen LogP contribution in [0.5, 0.6) is 0 Å². The lowest BCUT2D eigenvalue weighted by atomic mass is 9.85. The number of nitrogens with zero attached hydrogens (tertiary/aromatic N) is 3. The second-order valence-corrected chi connectivity index (χ2v) is 7.45. The number of aromatic nitrogens is 2. The predicted octanol–water partition coefficient (Wildman–Crippen LogP) is 2.32. The van der Waals surface area contributed by atoms with Crippen LogP contribution < -0.4 is 5.32 Å². The minimum absolute atomic E-state index is 0.0322. The summed E-state index contributed by atoms with van der Waals surface area (Å²) in [5.74, 6) is -0.832. The van der Waals surface area contributed by atoms with E-state index in [2.05, 4.69) is 15.5 Å². The maximum Gasteiger partial charge on any atom is 0.317 e. The van der Waals surface area contributed by atoms with Crippen LogP contribution in [0.1, 0.15) is 61.3 Å². The molecule has 0 unspecified atom stereocenters. The summed E-state index contributed by atoms with van der Waals surface area (Å²) in [5.41, 5.74) is 2.34. The third-order valence-corrected chi connectivity index (χ3v) is 5.18. The first-order chi connectivity index (χ1) is 12.8. The maximum atomic E-state index is 12.9. The normalized spacial score (nSPS) is 19.5.